The highest BCUT2D eigenvalue weighted by atomic mass is 16.3. The summed E-state index contributed by atoms with van der Waals surface area (Å²) in [5.41, 5.74) is 2.70. The van der Waals surface area contributed by atoms with Crippen LogP contribution in [0.4, 0.5) is 0 Å². The number of aryl methyl sites for hydroxylation is 1. The summed E-state index contributed by atoms with van der Waals surface area (Å²) in [7, 11) is 0. The Hall–Kier alpha value is -0.900. The number of nitrogens with zero attached hydrogens (tertiary/aromatic N) is 1. The molecule has 1 saturated carbocycles. The molecule has 1 unspecified atom stereocenters. The second-order valence-corrected chi connectivity index (χ2v) is 6.16. The van der Waals surface area contributed by atoms with Gasteiger partial charge in [0.05, 0.1) is 6.61 Å². The Morgan fingerprint density at radius 2 is 2.14 bits per heavy atom. The highest BCUT2D eigenvalue weighted by Crippen LogP contribution is 2.26. The van der Waals surface area contributed by atoms with E-state index in [0.29, 0.717) is 12.1 Å². The molecular formula is C18H30N2O. The fraction of sp³-hybridized carbons (Fsp3) is 0.667. The van der Waals surface area contributed by atoms with Crippen LogP contribution >= 0.6 is 0 Å². The van der Waals surface area contributed by atoms with Crippen molar-refractivity contribution in [3.05, 3.63) is 35.4 Å². The minimum Gasteiger partial charge on any atom is -0.395 e. The molecule has 1 aliphatic carbocycles. The molecule has 1 aromatic carbocycles. The number of nitrogens with one attached hydrogen (secondary N) is 1. The van der Waals surface area contributed by atoms with Crippen LogP contribution in [-0.2, 0) is 0 Å². The van der Waals surface area contributed by atoms with E-state index in [1.807, 2.05) is 0 Å². The molecule has 1 aromatic rings. The van der Waals surface area contributed by atoms with Gasteiger partial charge in [0.2, 0.25) is 0 Å². The smallest absolute Gasteiger partial charge is 0.0558 e. The Morgan fingerprint density at radius 1 is 1.33 bits per heavy atom. The molecule has 0 radical (unpaired) electrons. The first kappa shape index (κ1) is 16.5. The van der Waals surface area contributed by atoms with Crippen LogP contribution in [-0.4, -0.2) is 42.3 Å². The lowest BCUT2D eigenvalue weighted by Crippen LogP contribution is -2.43. The van der Waals surface area contributed by atoms with E-state index in [1.165, 1.54) is 30.4 Å². The highest BCUT2D eigenvalue weighted by molar-refractivity contribution is 5.25. The summed E-state index contributed by atoms with van der Waals surface area (Å²) in [4.78, 5) is 2.48. The Kier molecular flexibility index (Phi) is 6.68. The van der Waals surface area contributed by atoms with Gasteiger partial charge in [-0.1, -0.05) is 43.2 Å². The first-order chi connectivity index (χ1) is 10.2. The maximum absolute atomic E-state index is 9.27. The van der Waals surface area contributed by atoms with Crippen molar-refractivity contribution >= 4 is 0 Å². The molecule has 1 atom stereocenters. The molecule has 1 fully saturated rings. The summed E-state index contributed by atoms with van der Waals surface area (Å²) >= 11 is 0. The van der Waals surface area contributed by atoms with Gasteiger partial charge < -0.3 is 10.4 Å². The maximum atomic E-state index is 9.27. The van der Waals surface area contributed by atoms with E-state index in [0.717, 1.165) is 26.1 Å². The second kappa shape index (κ2) is 8.52. The molecular weight excluding hydrogens is 260 g/mol. The second-order valence-electron chi connectivity index (χ2n) is 6.16. The Labute approximate surface area is 129 Å². The minimum atomic E-state index is 0.271. The third-order valence-electron chi connectivity index (χ3n) is 4.58. The van der Waals surface area contributed by atoms with E-state index in [1.54, 1.807) is 0 Å². The molecule has 0 aliphatic heterocycles. The third-order valence-corrected chi connectivity index (χ3v) is 4.58. The maximum Gasteiger partial charge on any atom is 0.0558 e. The van der Waals surface area contributed by atoms with Gasteiger partial charge in [0.1, 0.15) is 0 Å². The molecule has 0 spiro atoms. The number of aliphatic hydroxyl groups excluding tert-OH is 1. The van der Waals surface area contributed by atoms with Crippen LogP contribution < -0.4 is 5.32 Å². The summed E-state index contributed by atoms with van der Waals surface area (Å²) in [5.74, 6) is 0. The van der Waals surface area contributed by atoms with E-state index in [-0.39, 0.29) is 6.61 Å². The zero-order valence-corrected chi connectivity index (χ0v) is 13.5. The summed E-state index contributed by atoms with van der Waals surface area (Å²) in [6.45, 7) is 7.46. The average molecular weight is 290 g/mol. The molecule has 2 rings (SSSR count). The highest BCUT2D eigenvalue weighted by Gasteiger charge is 2.25. The van der Waals surface area contributed by atoms with Gasteiger partial charge in [0, 0.05) is 25.2 Å². The number of aliphatic hydroxyl groups is 1. The van der Waals surface area contributed by atoms with Crippen LogP contribution in [0.2, 0.25) is 0 Å². The van der Waals surface area contributed by atoms with Crippen molar-refractivity contribution in [3.8, 4) is 0 Å². The van der Waals surface area contributed by atoms with Crippen molar-refractivity contribution < 1.29 is 5.11 Å². The van der Waals surface area contributed by atoms with Crippen molar-refractivity contribution in [2.45, 2.75) is 51.6 Å². The van der Waals surface area contributed by atoms with Crippen molar-refractivity contribution in [1.82, 2.24) is 10.2 Å². The lowest BCUT2D eigenvalue weighted by Gasteiger charge is -2.38. The fourth-order valence-electron chi connectivity index (χ4n) is 3.17. The van der Waals surface area contributed by atoms with E-state index in [9.17, 15) is 5.11 Å². The zero-order chi connectivity index (χ0) is 15.1. The quantitative estimate of drug-likeness (QED) is 0.734. The molecule has 0 saturated heterocycles. The Balaban J connectivity index is 1.95. The predicted octanol–water partition coefficient (Wildman–Crippen LogP) is 2.88. The summed E-state index contributed by atoms with van der Waals surface area (Å²) in [6, 6.07) is 9.92. The standard InChI is InChI=1S/C18H30N2O/c1-3-19-18(16-7-4-6-15(2)14-16)10-11-20(12-13-21)17-8-5-9-17/h4,6-7,14,17-19,21H,3,5,8-13H2,1-2H3. The van der Waals surface area contributed by atoms with Gasteiger partial charge in [-0.2, -0.15) is 0 Å². The largest absolute Gasteiger partial charge is 0.395 e. The molecule has 118 valence electrons. The van der Waals surface area contributed by atoms with Crippen LogP contribution in [0, 0.1) is 6.92 Å². The number of hydrogen-bond donors (Lipinski definition) is 2. The fourth-order valence-corrected chi connectivity index (χ4v) is 3.17. The minimum absolute atomic E-state index is 0.271. The van der Waals surface area contributed by atoms with Crippen molar-refractivity contribution in [1.29, 1.82) is 0 Å². The van der Waals surface area contributed by atoms with Crippen LogP contribution in [0.15, 0.2) is 24.3 Å². The van der Waals surface area contributed by atoms with Crippen molar-refractivity contribution in [2.24, 2.45) is 0 Å². The van der Waals surface area contributed by atoms with E-state index < -0.39 is 0 Å². The summed E-state index contributed by atoms with van der Waals surface area (Å²) in [6.07, 6.45) is 5.06. The molecule has 21 heavy (non-hydrogen) atoms. The lowest BCUT2D eigenvalue weighted by molar-refractivity contribution is 0.0969. The van der Waals surface area contributed by atoms with Gasteiger partial charge in [-0.3, -0.25) is 4.90 Å². The number of hydrogen-bond acceptors (Lipinski definition) is 3. The molecule has 1 aliphatic rings. The van der Waals surface area contributed by atoms with Gasteiger partial charge in [0.15, 0.2) is 0 Å². The molecule has 2 N–H and O–H groups in total. The van der Waals surface area contributed by atoms with Gasteiger partial charge in [-0.05, 0) is 38.3 Å². The zero-order valence-electron chi connectivity index (χ0n) is 13.5. The first-order valence-corrected chi connectivity index (χ1v) is 8.39. The van der Waals surface area contributed by atoms with E-state index in [4.69, 9.17) is 0 Å². The summed E-state index contributed by atoms with van der Waals surface area (Å²) in [5, 5.41) is 12.9. The van der Waals surface area contributed by atoms with E-state index >= 15 is 0 Å². The first-order valence-electron chi connectivity index (χ1n) is 8.39. The Morgan fingerprint density at radius 3 is 2.71 bits per heavy atom. The molecule has 3 heteroatoms. The number of benzene rings is 1. The van der Waals surface area contributed by atoms with Crippen molar-refractivity contribution in [2.75, 3.05) is 26.2 Å². The molecule has 0 amide bonds. The molecule has 0 heterocycles. The third kappa shape index (κ3) is 4.80. The van der Waals surface area contributed by atoms with Gasteiger partial charge >= 0.3 is 0 Å². The van der Waals surface area contributed by atoms with Gasteiger partial charge in [-0.15, -0.1) is 0 Å². The molecule has 0 aromatic heterocycles. The monoisotopic (exact) mass is 290 g/mol. The van der Waals surface area contributed by atoms with E-state index in [2.05, 4.69) is 48.3 Å². The van der Waals surface area contributed by atoms with Gasteiger partial charge in [0.25, 0.3) is 0 Å². The molecule has 0 bridgehead atoms. The van der Waals surface area contributed by atoms with Crippen LogP contribution in [0.25, 0.3) is 0 Å². The van der Waals surface area contributed by atoms with Crippen molar-refractivity contribution in [3.63, 3.8) is 0 Å². The lowest BCUT2D eigenvalue weighted by atomic mass is 9.91. The van der Waals surface area contributed by atoms with Gasteiger partial charge in [-0.25, -0.2) is 0 Å². The summed E-state index contributed by atoms with van der Waals surface area (Å²) < 4.78 is 0. The topological polar surface area (TPSA) is 35.5 Å². The number of rotatable bonds is 9. The van der Waals surface area contributed by atoms with Crippen LogP contribution in [0.5, 0.6) is 0 Å². The Bertz CT molecular complexity index is 417. The molecule has 3 nitrogen and oxygen atoms in total. The average Bonchev–Trinajstić information content (AvgIpc) is 2.41. The SMILES string of the molecule is CCNC(CCN(CCO)C1CCC1)c1cccc(C)c1. The van der Waals surface area contributed by atoms with Crippen LogP contribution in [0.1, 0.15) is 49.8 Å². The predicted molar refractivity (Wildman–Crippen MR) is 88.5 cm³/mol. The van der Waals surface area contributed by atoms with Crippen LogP contribution in [0.3, 0.4) is 0 Å². The normalized spacial score (nSPS) is 17.0.